The van der Waals surface area contributed by atoms with Gasteiger partial charge in [-0.3, -0.25) is 4.79 Å². The average Bonchev–Trinajstić information content (AvgIpc) is 2.08. The van der Waals surface area contributed by atoms with Crippen molar-refractivity contribution in [3.05, 3.63) is 0 Å². The molecule has 0 aromatic rings. The number of carbonyl (C=O) groups is 2. The monoisotopic (exact) mass is 217 g/mol. The molecule has 0 aliphatic carbocycles. The molecule has 0 fully saturated rings. The van der Waals surface area contributed by atoms with Gasteiger partial charge in [0.15, 0.2) is 6.04 Å². The van der Waals surface area contributed by atoms with Crippen LogP contribution in [0.4, 0.5) is 0 Å². The van der Waals surface area contributed by atoms with Crippen molar-refractivity contribution in [2.75, 3.05) is 13.2 Å². The van der Waals surface area contributed by atoms with Crippen LogP contribution in [0.25, 0.3) is 0 Å². The number of carboxylic acids is 1. The fourth-order valence-corrected chi connectivity index (χ4v) is 0.940. The van der Waals surface area contributed by atoms with Gasteiger partial charge >= 0.3 is 5.97 Å². The molecule has 5 nitrogen and oxygen atoms in total. The third kappa shape index (κ3) is 7.93. The lowest BCUT2D eigenvalue weighted by Gasteiger charge is -2.13. The van der Waals surface area contributed by atoms with Crippen LogP contribution in [0.15, 0.2) is 0 Å². The van der Waals surface area contributed by atoms with E-state index in [4.69, 9.17) is 9.84 Å². The summed E-state index contributed by atoms with van der Waals surface area (Å²) in [7, 11) is 0. The maximum Gasteiger partial charge on any atom is 0.328 e. The van der Waals surface area contributed by atoms with Crippen molar-refractivity contribution in [2.45, 2.75) is 33.2 Å². The summed E-state index contributed by atoms with van der Waals surface area (Å²) in [5, 5.41) is 11.0. The van der Waals surface area contributed by atoms with Crippen LogP contribution in [0.3, 0.4) is 0 Å². The molecular formula is C10H19NO4. The molecule has 0 aromatic carbocycles. The molecule has 0 spiro atoms. The van der Waals surface area contributed by atoms with Crippen LogP contribution in [-0.2, 0) is 14.3 Å². The van der Waals surface area contributed by atoms with E-state index in [2.05, 4.69) is 19.2 Å². The standard InChI is InChI=1S/C10H19NO4/c1-7(2)4-5-15-6-9(10(13)14)11-8(3)12/h7,9H,4-6H2,1-3H3,(H,11,12)(H,13,14). The zero-order chi connectivity index (χ0) is 11.8. The minimum Gasteiger partial charge on any atom is -0.480 e. The van der Waals surface area contributed by atoms with Crippen molar-refractivity contribution in [3.63, 3.8) is 0 Å². The number of hydrogen-bond donors (Lipinski definition) is 2. The van der Waals surface area contributed by atoms with Gasteiger partial charge in [-0.05, 0) is 12.3 Å². The Bertz CT molecular complexity index is 215. The topological polar surface area (TPSA) is 75.6 Å². The molecule has 0 aromatic heterocycles. The SMILES string of the molecule is CC(=O)NC(COCCC(C)C)C(=O)O. The van der Waals surface area contributed by atoms with E-state index in [0.29, 0.717) is 12.5 Å². The van der Waals surface area contributed by atoms with Gasteiger partial charge in [0.25, 0.3) is 0 Å². The van der Waals surface area contributed by atoms with Gasteiger partial charge in [0.05, 0.1) is 6.61 Å². The van der Waals surface area contributed by atoms with Gasteiger partial charge < -0.3 is 15.2 Å². The van der Waals surface area contributed by atoms with Gasteiger partial charge in [0.1, 0.15) is 0 Å². The fourth-order valence-electron chi connectivity index (χ4n) is 0.940. The van der Waals surface area contributed by atoms with E-state index in [0.717, 1.165) is 6.42 Å². The molecule has 5 heteroatoms. The van der Waals surface area contributed by atoms with Gasteiger partial charge in [-0.1, -0.05) is 13.8 Å². The highest BCUT2D eigenvalue weighted by Gasteiger charge is 2.18. The molecule has 1 unspecified atom stereocenters. The Morgan fingerprint density at radius 1 is 1.40 bits per heavy atom. The smallest absolute Gasteiger partial charge is 0.328 e. The third-order valence-electron chi connectivity index (χ3n) is 1.80. The van der Waals surface area contributed by atoms with Crippen LogP contribution in [0.1, 0.15) is 27.2 Å². The van der Waals surface area contributed by atoms with Crippen LogP contribution < -0.4 is 5.32 Å². The van der Waals surface area contributed by atoms with Crippen molar-refractivity contribution in [1.29, 1.82) is 0 Å². The summed E-state index contributed by atoms with van der Waals surface area (Å²) < 4.78 is 5.17. The van der Waals surface area contributed by atoms with E-state index < -0.39 is 12.0 Å². The molecule has 0 heterocycles. The minimum absolute atomic E-state index is 0.0155. The highest BCUT2D eigenvalue weighted by Crippen LogP contribution is 1.99. The lowest BCUT2D eigenvalue weighted by atomic mass is 10.1. The van der Waals surface area contributed by atoms with Gasteiger partial charge in [0.2, 0.25) is 5.91 Å². The number of nitrogens with one attached hydrogen (secondary N) is 1. The second kappa shape index (κ2) is 7.23. The molecule has 0 saturated carbocycles. The quantitative estimate of drug-likeness (QED) is 0.613. The highest BCUT2D eigenvalue weighted by atomic mass is 16.5. The van der Waals surface area contributed by atoms with Crippen molar-refractivity contribution < 1.29 is 19.4 Å². The zero-order valence-corrected chi connectivity index (χ0v) is 9.45. The van der Waals surface area contributed by atoms with Crippen molar-refractivity contribution in [1.82, 2.24) is 5.32 Å². The molecule has 0 bridgehead atoms. The lowest BCUT2D eigenvalue weighted by Crippen LogP contribution is -2.43. The number of carbonyl (C=O) groups excluding carboxylic acids is 1. The van der Waals surface area contributed by atoms with Gasteiger partial charge in [-0.15, -0.1) is 0 Å². The van der Waals surface area contributed by atoms with Crippen LogP contribution in [0.5, 0.6) is 0 Å². The summed E-state index contributed by atoms with van der Waals surface area (Å²) in [5.41, 5.74) is 0. The molecule has 0 saturated heterocycles. The Morgan fingerprint density at radius 2 is 2.00 bits per heavy atom. The lowest BCUT2D eigenvalue weighted by molar-refractivity contribution is -0.143. The normalized spacial score (nSPS) is 12.5. The molecule has 1 amide bonds. The van der Waals surface area contributed by atoms with E-state index in [1.165, 1.54) is 6.92 Å². The number of hydrogen-bond acceptors (Lipinski definition) is 3. The van der Waals surface area contributed by atoms with Crippen molar-refractivity contribution in [3.8, 4) is 0 Å². The summed E-state index contributed by atoms with van der Waals surface area (Å²) in [6, 6.07) is -0.949. The number of amides is 1. The maximum absolute atomic E-state index is 10.7. The largest absolute Gasteiger partial charge is 0.480 e. The first kappa shape index (κ1) is 13.9. The Labute approximate surface area is 89.8 Å². The first-order chi connectivity index (χ1) is 6.93. The van der Waals surface area contributed by atoms with Gasteiger partial charge in [-0.25, -0.2) is 4.79 Å². The summed E-state index contributed by atoms with van der Waals surface area (Å²) in [4.78, 5) is 21.3. The summed E-state index contributed by atoms with van der Waals surface area (Å²) >= 11 is 0. The van der Waals surface area contributed by atoms with Crippen molar-refractivity contribution in [2.24, 2.45) is 5.92 Å². The Kier molecular flexibility index (Phi) is 6.70. The van der Waals surface area contributed by atoms with E-state index in [9.17, 15) is 9.59 Å². The van der Waals surface area contributed by atoms with Crippen molar-refractivity contribution >= 4 is 11.9 Å². The summed E-state index contributed by atoms with van der Waals surface area (Å²) in [6.07, 6.45) is 0.881. The molecular weight excluding hydrogens is 198 g/mol. The molecule has 0 rings (SSSR count). The first-order valence-electron chi connectivity index (χ1n) is 5.01. The molecule has 1 atom stereocenters. The number of carboxylic acid groups (broad SMARTS) is 1. The average molecular weight is 217 g/mol. The van der Waals surface area contributed by atoms with E-state index in [-0.39, 0.29) is 12.5 Å². The summed E-state index contributed by atoms with van der Waals surface area (Å²) in [5.74, 6) is -0.918. The Morgan fingerprint density at radius 3 is 2.40 bits per heavy atom. The molecule has 0 aliphatic heterocycles. The van der Waals surface area contributed by atoms with Crippen LogP contribution in [0, 0.1) is 5.92 Å². The molecule has 2 N–H and O–H groups in total. The van der Waals surface area contributed by atoms with E-state index in [1.54, 1.807) is 0 Å². The third-order valence-corrected chi connectivity index (χ3v) is 1.80. The predicted molar refractivity (Wildman–Crippen MR) is 55.5 cm³/mol. The second-order valence-corrected chi connectivity index (χ2v) is 3.85. The molecule has 15 heavy (non-hydrogen) atoms. The Balaban J connectivity index is 3.77. The van der Waals surface area contributed by atoms with Crippen LogP contribution in [0.2, 0.25) is 0 Å². The predicted octanol–water partition coefficient (Wildman–Crippen LogP) is 0.638. The molecule has 0 aliphatic rings. The molecule has 0 radical (unpaired) electrons. The van der Waals surface area contributed by atoms with E-state index >= 15 is 0 Å². The summed E-state index contributed by atoms with van der Waals surface area (Å²) in [6.45, 7) is 5.93. The van der Waals surface area contributed by atoms with Crippen LogP contribution >= 0.6 is 0 Å². The highest BCUT2D eigenvalue weighted by molar-refractivity contribution is 5.82. The van der Waals surface area contributed by atoms with Gasteiger partial charge in [-0.2, -0.15) is 0 Å². The van der Waals surface area contributed by atoms with Crippen LogP contribution in [-0.4, -0.2) is 36.2 Å². The number of rotatable bonds is 7. The zero-order valence-electron chi connectivity index (χ0n) is 9.45. The second-order valence-electron chi connectivity index (χ2n) is 3.85. The fraction of sp³-hybridized carbons (Fsp3) is 0.800. The number of ether oxygens (including phenoxy) is 1. The number of aliphatic carboxylic acids is 1. The first-order valence-corrected chi connectivity index (χ1v) is 5.01. The van der Waals surface area contributed by atoms with Gasteiger partial charge in [0, 0.05) is 13.5 Å². The Hall–Kier alpha value is -1.10. The van der Waals surface area contributed by atoms with E-state index in [1.807, 2.05) is 0 Å². The molecule has 88 valence electrons. The minimum atomic E-state index is -1.07. The maximum atomic E-state index is 10.7.